The predicted molar refractivity (Wildman–Crippen MR) is 75.8 cm³/mol. The quantitative estimate of drug-likeness (QED) is 0.865. The molecule has 0 saturated heterocycles. The third kappa shape index (κ3) is 3.26. The molecule has 1 aliphatic rings. The first-order valence-electron chi connectivity index (χ1n) is 6.92. The minimum Gasteiger partial charge on any atom is -0.486 e. The van der Waals surface area contributed by atoms with Crippen molar-refractivity contribution >= 4 is 11.9 Å². The summed E-state index contributed by atoms with van der Waals surface area (Å²) < 4.78 is 10.8. The Hall–Kier alpha value is -2.24. The van der Waals surface area contributed by atoms with E-state index in [1.54, 1.807) is 18.2 Å². The molecule has 0 bridgehead atoms. The molecule has 0 aliphatic carbocycles. The Morgan fingerprint density at radius 2 is 1.95 bits per heavy atom. The fraction of sp³-hybridized carbons (Fsp3) is 0.467. The van der Waals surface area contributed by atoms with Gasteiger partial charge >= 0.3 is 5.97 Å². The van der Waals surface area contributed by atoms with Crippen LogP contribution in [0.2, 0.25) is 0 Å². The normalized spacial score (nSPS) is 15.9. The fourth-order valence-electron chi connectivity index (χ4n) is 2.23. The molecule has 0 spiro atoms. The van der Waals surface area contributed by atoms with E-state index in [9.17, 15) is 14.7 Å². The Kier molecular flexibility index (Phi) is 4.35. The van der Waals surface area contributed by atoms with Crippen molar-refractivity contribution in [2.24, 2.45) is 0 Å². The van der Waals surface area contributed by atoms with Gasteiger partial charge in [0.25, 0.3) is 5.91 Å². The lowest BCUT2D eigenvalue weighted by Crippen LogP contribution is -2.52. The van der Waals surface area contributed by atoms with E-state index in [4.69, 9.17) is 9.47 Å². The lowest BCUT2D eigenvalue weighted by atomic mass is 9.95. The van der Waals surface area contributed by atoms with Crippen LogP contribution in [0.25, 0.3) is 0 Å². The molecule has 2 N–H and O–H groups in total. The summed E-state index contributed by atoms with van der Waals surface area (Å²) in [4.78, 5) is 23.6. The maximum absolute atomic E-state index is 12.3. The number of aliphatic carboxylic acids is 1. The molecule has 0 aromatic heterocycles. The van der Waals surface area contributed by atoms with Crippen molar-refractivity contribution in [3.63, 3.8) is 0 Å². The number of carbonyl (C=O) groups is 2. The third-order valence-corrected chi connectivity index (χ3v) is 3.42. The van der Waals surface area contributed by atoms with Crippen molar-refractivity contribution in [3.8, 4) is 11.5 Å². The number of hydrogen-bond donors (Lipinski definition) is 2. The number of carboxylic acids is 1. The molecule has 6 heteroatoms. The van der Waals surface area contributed by atoms with Crippen molar-refractivity contribution < 1.29 is 24.2 Å². The maximum Gasteiger partial charge on any atom is 0.329 e. The first kappa shape index (κ1) is 15.2. The summed E-state index contributed by atoms with van der Waals surface area (Å²) in [5, 5.41) is 11.9. The molecular weight excluding hydrogens is 274 g/mol. The molecule has 0 fully saturated rings. The molecule has 1 unspecified atom stereocenters. The van der Waals surface area contributed by atoms with Crippen LogP contribution in [0.1, 0.15) is 37.0 Å². The highest BCUT2D eigenvalue weighted by Gasteiger charge is 2.34. The van der Waals surface area contributed by atoms with Crippen LogP contribution in [-0.2, 0) is 4.79 Å². The summed E-state index contributed by atoms with van der Waals surface area (Å²) in [6.45, 7) is 4.29. The Bertz CT molecular complexity index is 557. The van der Waals surface area contributed by atoms with Gasteiger partial charge in [-0.15, -0.1) is 0 Å². The van der Waals surface area contributed by atoms with Crippen molar-refractivity contribution in [1.29, 1.82) is 0 Å². The van der Waals surface area contributed by atoms with Crippen LogP contribution in [0.15, 0.2) is 18.2 Å². The Morgan fingerprint density at radius 1 is 1.29 bits per heavy atom. The topological polar surface area (TPSA) is 84.9 Å². The monoisotopic (exact) mass is 293 g/mol. The minimum atomic E-state index is -1.28. The van der Waals surface area contributed by atoms with E-state index < -0.39 is 17.4 Å². The van der Waals surface area contributed by atoms with Crippen molar-refractivity contribution in [1.82, 2.24) is 5.32 Å². The van der Waals surface area contributed by atoms with Gasteiger partial charge in [-0.25, -0.2) is 4.79 Å². The molecule has 1 amide bonds. The first-order valence-corrected chi connectivity index (χ1v) is 6.92. The second-order valence-electron chi connectivity index (χ2n) is 5.20. The number of ether oxygens (including phenoxy) is 2. The van der Waals surface area contributed by atoms with E-state index >= 15 is 0 Å². The molecule has 6 nitrogen and oxygen atoms in total. The van der Waals surface area contributed by atoms with Gasteiger partial charge in [-0.2, -0.15) is 0 Å². The molecule has 1 aromatic carbocycles. The van der Waals surface area contributed by atoms with Crippen LogP contribution >= 0.6 is 0 Å². The van der Waals surface area contributed by atoms with E-state index in [1.165, 1.54) is 6.92 Å². The molecule has 2 rings (SSSR count). The molecule has 1 atom stereocenters. The lowest BCUT2D eigenvalue weighted by molar-refractivity contribution is -0.144. The molecule has 1 aliphatic heterocycles. The summed E-state index contributed by atoms with van der Waals surface area (Å²) in [5.74, 6) is -0.394. The van der Waals surface area contributed by atoms with Crippen LogP contribution < -0.4 is 14.8 Å². The maximum atomic E-state index is 12.3. The van der Waals surface area contributed by atoms with E-state index in [1.807, 2.05) is 6.92 Å². The second-order valence-corrected chi connectivity index (χ2v) is 5.20. The average Bonchev–Trinajstić information content (AvgIpc) is 2.46. The van der Waals surface area contributed by atoms with E-state index in [-0.39, 0.29) is 0 Å². The first-order chi connectivity index (χ1) is 9.96. The lowest BCUT2D eigenvalue weighted by Gasteiger charge is -2.26. The van der Waals surface area contributed by atoms with Gasteiger partial charge in [0, 0.05) is 5.56 Å². The number of fused-ring (bicyclic) bond motifs is 1. The highest BCUT2D eigenvalue weighted by molar-refractivity contribution is 5.98. The number of benzene rings is 1. The molecular formula is C15H19NO5. The standard InChI is InChI=1S/C15H19NO5/c1-3-6-15(2,14(18)19)16-13(17)10-4-5-11-12(9-10)21-8-7-20-11/h4-5,9H,3,6-8H2,1-2H3,(H,16,17)(H,18,19). The van der Waals surface area contributed by atoms with Gasteiger partial charge in [0.2, 0.25) is 0 Å². The number of carboxylic acid groups (broad SMARTS) is 1. The van der Waals surface area contributed by atoms with Crippen molar-refractivity contribution in [2.45, 2.75) is 32.2 Å². The van der Waals surface area contributed by atoms with Gasteiger partial charge in [0.15, 0.2) is 11.5 Å². The summed E-state index contributed by atoms with van der Waals surface area (Å²) in [7, 11) is 0. The van der Waals surface area contributed by atoms with Crippen LogP contribution in [0, 0.1) is 0 Å². The second kappa shape index (κ2) is 6.03. The van der Waals surface area contributed by atoms with E-state index in [2.05, 4.69) is 5.32 Å². The zero-order valence-electron chi connectivity index (χ0n) is 12.1. The summed E-state index contributed by atoms with van der Waals surface area (Å²) >= 11 is 0. The van der Waals surface area contributed by atoms with Crippen molar-refractivity contribution in [2.75, 3.05) is 13.2 Å². The number of hydrogen-bond acceptors (Lipinski definition) is 4. The van der Waals surface area contributed by atoms with Gasteiger partial charge in [0.05, 0.1) is 0 Å². The molecule has 0 saturated carbocycles. The van der Waals surface area contributed by atoms with Crippen LogP contribution in [0.4, 0.5) is 0 Å². The molecule has 1 aromatic rings. The largest absolute Gasteiger partial charge is 0.486 e. The highest BCUT2D eigenvalue weighted by atomic mass is 16.6. The van der Waals surface area contributed by atoms with Crippen LogP contribution in [-0.4, -0.2) is 35.7 Å². The van der Waals surface area contributed by atoms with Crippen molar-refractivity contribution in [3.05, 3.63) is 23.8 Å². The molecule has 21 heavy (non-hydrogen) atoms. The summed E-state index contributed by atoms with van der Waals surface area (Å²) in [5.41, 5.74) is -0.929. The average molecular weight is 293 g/mol. The number of amides is 1. The van der Waals surface area contributed by atoms with E-state index in [0.717, 1.165) is 0 Å². The SMILES string of the molecule is CCCC(C)(NC(=O)c1ccc2c(c1)OCCO2)C(=O)O. The number of nitrogens with one attached hydrogen (secondary N) is 1. The van der Waals surface area contributed by atoms with Gasteiger partial charge in [-0.05, 0) is 31.5 Å². The fourth-order valence-corrected chi connectivity index (χ4v) is 2.23. The highest BCUT2D eigenvalue weighted by Crippen LogP contribution is 2.30. The van der Waals surface area contributed by atoms with Gasteiger partial charge < -0.3 is 19.9 Å². The van der Waals surface area contributed by atoms with E-state index in [0.29, 0.717) is 43.1 Å². The van der Waals surface area contributed by atoms with Crippen LogP contribution in [0.3, 0.4) is 0 Å². The number of rotatable bonds is 5. The molecule has 1 heterocycles. The molecule has 0 radical (unpaired) electrons. The zero-order chi connectivity index (χ0) is 15.5. The summed E-state index contributed by atoms with van der Waals surface area (Å²) in [6.07, 6.45) is 1.02. The predicted octanol–water partition coefficient (Wildman–Crippen LogP) is 1.83. The Balaban J connectivity index is 2.18. The zero-order valence-corrected chi connectivity index (χ0v) is 12.1. The van der Waals surface area contributed by atoms with Gasteiger partial charge in [-0.3, -0.25) is 4.79 Å². The van der Waals surface area contributed by atoms with Gasteiger partial charge in [0.1, 0.15) is 18.8 Å². The Labute approximate surface area is 123 Å². The number of carbonyl (C=O) groups excluding carboxylic acids is 1. The van der Waals surface area contributed by atoms with Gasteiger partial charge in [-0.1, -0.05) is 13.3 Å². The Morgan fingerprint density at radius 3 is 2.57 bits per heavy atom. The third-order valence-electron chi connectivity index (χ3n) is 3.42. The summed E-state index contributed by atoms with van der Waals surface area (Å²) in [6, 6.07) is 4.82. The smallest absolute Gasteiger partial charge is 0.329 e. The molecule has 114 valence electrons. The minimum absolute atomic E-state index is 0.350. The van der Waals surface area contributed by atoms with Crippen LogP contribution in [0.5, 0.6) is 11.5 Å².